The predicted octanol–water partition coefficient (Wildman–Crippen LogP) is 0.916. The SMILES string of the molecule is O=C=NS(=O)(=O)OC1CCCCC1. The van der Waals surface area contributed by atoms with Gasteiger partial charge in [-0.25, -0.2) is 8.98 Å². The lowest BCUT2D eigenvalue weighted by Crippen LogP contribution is -2.19. The van der Waals surface area contributed by atoms with Crippen LogP contribution in [-0.4, -0.2) is 20.6 Å². The summed E-state index contributed by atoms with van der Waals surface area (Å²) in [5.74, 6) is 0. The van der Waals surface area contributed by atoms with Crippen molar-refractivity contribution >= 4 is 16.4 Å². The summed E-state index contributed by atoms with van der Waals surface area (Å²) in [5, 5.41) is 0. The summed E-state index contributed by atoms with van der Waals surface area (Å²) in [5.41, 5.74) is 0. The van der Waals surface area contributed by atoms with E-state index in [1.165, 1.54) is 0 Å². The van der Waals surface area contributed by atoms with Gasteiger partial charge in [0.05, 0.1) is 6.10 Å². The molecule has 0 aromatic heterocycles. The van der Waals surface area contributed by atoms with Crippen molar-refractivity contribution in [3.8, 4) is 0 Å². The molecule has 74 valence electrons. The van der Waals surface area contributed by atoms with E-state index in [0.29, 0.717) is 12.8 Å². The maximum absolute atomic E-state index is 10.8. The third-order valence-corrected chi connectivity index (χ3v) is 2.77. The summed E-state index contributed by atoms with van der Waals surface area (Å²) in [4.78, 5) is 9.71. The first kappa shape index (κ1) is 10.4. The maximum atomic E-state index is 10.8. The molecular formula is C7H11NO4S. The van der Waals surface area contributed by atoms with Crippen LogP contribution >= 0.6 is 0 Å². The lowest BCUT2D eigenvalue weighted by atomic mass is 9.98. The molecule has 1 fully saturated rings. The van der Waals surface area contributed by atoms with E-state index >= 15 is 0 Å². The highest BCUT2D eigenvalue weighted by molar-refractivity contribution is 7.85. The molecule has 0 aliphatic heterocycles. The lowest BCUT2D eigenvalue weighted by molar-refractivity contribution is 0.162. The van der Waals surface area contributed by atoms with E-state index in [4.69, 9.17) is 0 Å². The fourth-order valence-corrected chi connectivity index (χ4v) is 2.07. The van der Waals surface area contributed by atoms with Crippen LogP contribution in [0.15, 0.2) is 4.40 Å². The van der Waals surface area contributed by atoms with Crippen LogP contribution in [0.5, 0.6) is 0 Å². The first-order valence-electron chi connectivity index (χ1n) is 4.16. The van der Waals surface area contributed by atoms with Gasteiger partial charge < -0.3 is 0 Å². The Hall–Kier alpha value is -0.710. The summed E-state index contributed by atoms with van der Waals surface area (Å²) < 4.78 is 29.0. The normalized spacial score (nSPS) is 19.4. The smallest absolute Gasteiger partial charge is 0.248 e. The fraction of sp³-hybridized carbons (Fsp3) is 0.857. The van der Waals surface area contributed by atoms with E-state index in [2.05, 4.69) is 8.58 Å². The molecule has 0 bridgehead atoms. The molecule has 1 aliphatic carbocycles. The Morgan fingerprint density at radius 2 is 1.85 bits per heavy atom. The summed E-state index contributed by atoms with van der Waals surface area (Å²) in [6.07, 6.45) is 5.12. The second kappa shape index (κ2) is 4.50. The van der Waals surface area contributed by atoms with Gasteiger partial charge in [0.1, 0.15) is 0 Å². The number of nitrogens with zero attached hydrogens (tertiary/aromatic N) is 1. The Balaban J connectivity index is 2.51. The molecule has 0 radical (unpaired) electrons. The van der Waals surface area contributed by atoms with E-state index < -0.39 is 10.3 Å². The van der Waals surface area contributed by atoms with Crippen LogP contribution in [0, 0.1) is 0 Å². The molecule has 0 aromatic rings. The number of rotatable bonds is 3. The Labute approximate surface area is 77.1 Å². The highest BCUT2D eigenvalue weighted by Crippen LogP contribution is 2.21. The molecule has 13 heavy (non-hydrogen) atoms. The Morgan fingerprint density at radius 1 is 1.23 bits per heavy atom. The van der Waals surface area contributed by atoms with Crippen molar-refractivity contribution in [2.45, 2.75) is 38.2 Å². The van der Waals surface area contributed by atoms with Crippen LogP contribution in [-0.2, 0) is 19.3 Å². The molecule has 0 amide bonds. The van der Waals surface area contributed by atoms with Gasteiger partial charge in [0.2, 0.25) is 0 Å². The zero-order chi connectivity index (χ0) is 9.73. The quantitative estimate of drug-likeness (QED) is 0.507. The molecule has 5 nitrogen and oxygen atoms in total. The van der Waals surface area contributed by atoms with Crippen molar-refractivity contribution in [3.05, 3.63) is 0 Å². The van der Waals surface area contributed by atoms with Crippen molar-refractivity contribution in [2.24, 2.45) is 4.40 Å². The van der Waals surface area contributed by atoms with E-state index in [1.54, 1.807) is 0 Å². The average Bonchev–Trinajstić information content (AvgIpc) is 2.04. The van der Waals surface area contributed by atoms with E-state index in [9.17, 15) is 13.2 Å². The predicted molar refractivity (Wildman–Crippen MR) is 45.0 cm³/mol. The van der Waals surface area contributed by atoms with Crippen molar-refractivity contribution in [2.75, 3.05) is 0 Å². The van der Waals surface area contributed by atoms with E-state index in [0.717, 1.165) is 25.3 Å². The van der Waals surface area contributed by atoms with E-state index in [-0.39, 0.29) is 6.10 Å². The lowest BCUT2D eigenvalue weighted by Gasteiger charge is -2.19. The minimum absolute atomic E-state index is 0.309. The summed E-state index contributed by atoms with van der Waals surface area (Å²) in [6, 6.07) is 0. The Morgan fingerprint density at radius 3 is 2.38 bits per heavy atom. The summed E-state index contributed by atoms with van der Waals surface area (Å²) in [7, 11) is -4.03. The zero-order valence-electron chi connectivity index (χ0n) is 7.10. The number of hydrogen-bond donors (Lipinski definition) is 0. The van der Waals surface area contributed by atoms with Crippen LogP contribution in [0.25, 0.3) is 0 Å². The summed E-state index contributed by atoms with van der Waals surface area (Å²) in [6.45, 7) is 0. The van der Waals surface area contributed by atoms with Gasteiger partial charge in [-0.3, -0.25) is 0 Å². The topological polar surface area (TPSA) is 72.8 Å². The highest BCUT2D eigenvalue weighted by atomic mass is 32.2. The zero-order valence-corrected chi connectivity index (χ0v) is 7.92. The number of hydrogen-bond acceptors (Lipinski definition) is 4. The third-order valence-electron chi connectivity index (χ3n) is 1.96. The molecule has 0 N–H and O–H groups in total. The average molecular weight is 205 g/mol. The third kappa shape index (κ3) is 3.67. The number of carbonyl (C=O) groups excluding carboxylic acids is 1. The van der Waals surface area contributed by atoms with Gasteiger partial charge in [-0.15, -0.1) is 0 Å². The second-order valence-electron chi connectivity index (χ2n) is 2.97. The van der Waals surface area contributed by atoms with Gasteiger partial charge >= 0.3 is 10.3 Å². The minimum atomic E-state index is -4.03. The molecular weight excluding hydrogens is 194 g/mol. The van der Waals surface area contributed by atoms with Gasteiger partial charge in [0.25, 0.3) is 6.08 Å². The minimum Gasteiger partial charge on any atom is -0.248 e. The van der Waals surface area contributed by atoms with Crippen LogP contribution < -0.4 is 0 Å². The molecule has 0 heterocycles. The molecule has 0 atom stereocenters. The van der Waals surface area contributed by atoms with Crippen molar-refractivity contribution in [1.29, 1.82) is 0 Å². The van der Waals surface area contributed by atoms with Crippen LogP contribution in [0.3, 0.4) is 0 Å². The van der Waals surface area contributed by atoms with Gasteiger partial charge in [-0.05, 0) is 12.8 Å². The van der Waals surface area contributed by atoms with Crippen molar-refractivity contribution < 1.29 is 17.4 Å². The monoisotopic (exact) mass is 205 g/mol. The van der Waals surface area contributed by atoms with Crippen LogP contribution in [0.4, 0.5) is 0 Å². The van der Waals surface area contributed by atoms with Gasteiger partial charge in [0.15, 0.2) is 0 Å². The van der Waals surface area contributed by atoms with E-state index in [1.807, 2.05) is 0 Å². The van der Waals surface area contributed by atoms with Gasteiger partial charge in [-0.1, -0.05) is 23.7 Å². The molecule has 0 saturated heterocycles. The van der Waals surface area contributed by atoms with Crippen molar-refractivity contribution in [3.63, 3.8) is 0 Å². The van der Waals surface area contributed by atoms with Gasteiger partial charge in [-0.2, -0.15) is 8.42 Å². The first-order chi connectivity index (χ1) is 6.14. The largest absolute Gasteiger partial charge is 0.391 e. The van der Waals surface area contributed by atoms with Crippen LogP contribution in [0.1, 0.15) is 32.1 Å². The first-order valence-corrected chi connectivity index (χ1v) is 5.53. The maximum Gasteiger partial charge on any atom is 0.391 e. The van der Waals surface area contributed by atoms with Crippen LogP contribution in [0.2, 0.25) is 0 Å². The molecule has 1 aliphatic rings. The Bertz CT molecular complexity index is 298. The number of isocyanates is 1. The Kier molecular flexibility index (Phi) is 3.59. The molecule has 1 rings (SSSR count). The standard InChI is InChI=1S/C7H11NO4S/c9-6-8-13(10,11)12-7-4-2-1-3-5-7/h7H,1-5H2. The molecule has 6 heteroatoms. The molecule has 1 saturated carbocycles. The molecule has 0 aromatic carbocycles. The molecule has 0 spiro atoms. The fourth-order valence-electron chi connectivity index (χ4n) is 1.40. The van der Waals surface area contributed by atoms with Gasteiger partial charge in [0, 0.05) is 0 Å². The molecule has 0 unspecified atom stereocenters. The second-order valence-corrected chi connectivity index (χ2v) is 4.20. The summed E-state index contributed by atoms with van der Waals surface area (Å²) >= 11 is 0. The highest BCUT2D eigenvalue weighted by Gasteiger charge is 2.20. The van der Waals surface area contributed by atoms with Crippen molar-refractivity contribution in [1.82, 2.24) is 0 Å².